The molecule has 8 heteroatoms. The molecule has 0 unspecified atom stereocenters. The molecule has 0 amide bonds. The number of aliphatic hydroxyl groups is 1. The van der Waals surface area contributed by atoms with Crippen molar-refractivity contribution >= 4 is 17.6 Å². The number of hydrogen-bond acceptors (Lipinski definition) is 8. The van der Waals surface area contributed by atoms with E-state index in [9.17, 15) is 9.59 Å². The Hall–Kier alpha value is -3.13. The van der Waals surface area contributed by atoms with Crippen LogP contribution in [0, 0.1) is 0 Å². The fraction of sp³-hybridized carbons (Fsp3) is 0.188. The van der Waals surface area contributed by atoms with Crippen molar-refractivity contribution in [2.24, 2.45) is 0 Å². The fourth-order valence-electron chi connectivity index (χ4n) is 1.84. The number of carbonyl (C=O) groups excluding carboxylic acids is 2. The monoisotopic (exact) mass is 332 g/mol. The molecule has 0 saturated carbocycles. The van der Waals surface area contributed by atoms with Gasteiger partial charge in [0.15, 0.2) is 5.76 Å². The average Bonchev–Trinajstić information content (AvgIpc) is 3.10. The summed E-state index contributed by atoms with van der Waals surface area (Å²) in [6, 6.07) is 8.50. The average molecular weight is 332 g/mol. The van der Waals surface area contributed by atoms with Gasteiger partial charge in [0.05, 0.1) is 20.3 Å². The number of esters is 2. The molecule has 1 aromatic carbocycles. The van der Waals surface area contributed by atoms with Gasteiger partial charge in [-0.15, -0.1) is 0 Å². The van der Waals surface area contributed by atoms with Crippen LogP contribution >= 0.6 is 0 Å². The van der Waals surface area contributed by atoms with Crippen LogP contribution < -0.4 is 5.32 Å². The summed E-state index contributed by atoms with van der Waals surface area (Å²) in [5, 5.41) is 15.6. The number of nitrogens with one attached hydrogen (secondary N) is 1. The molecular weight excluding hydrogens is 316 g/mol. The van der Waals surface area contributed by atoms with Crippen LogP contribution in [0.5, 0.6) is 0 Å². The normalized spacial score (nSPS) is 11.0. The summed E-state index contributed by atoms with van der Waals surface area (Å²) in [7, 11) is 2.42. The number of aromatic nitrogens is 1. The zero-order valence-electron chi connectivity index (χ0n) is 13.1. The van der Waals surface area contributed by atoms with Crippen LogP contribution in [0.15, 0.2) is 46.6 Å². The highest BCUT2D eigenvalue weighted by molar-refractivity contribution is 5.98. The third-order valence-corrected chi connectivity index (χ3v) is 3.04. The second-order valence-electron chi connectivity index (χ2n) is 4.61. The van der Waals surface area contributed by atoms with Gasteiger partial charge in [-0.3, -0.25) is 0 Å². The van der Waals surface area contributed by atoms with Gasteiger partial charge in [-0.05, 0) is 12.1 Å². The number of rotatable bonds is 6. The molecular formula is C16H16N2O6. The molecule has 0 aliphatic carbocycles. The van der Waals surface area contributed by atoms with Gasteiger partial charge in [-0.25, -0.2) is 9.59 Å². The maximum atomic E-state index is 11.7. The molecule has 0 spiro atoms. The second kappa shape index (κ2) is 7.93. The van der Waals surface area contributed by atoms with Gasteiger partial charge in [0.1, 0.15) is 18.0 Å². The SMILES string of the molecule is COC(=O)/C=C(/Nc1ccc(-c2cc(CO)on2)cc1)C(=O)OC. The number of nitrogens with zero attached hydrogens (tertiary/aromatic N) is 1. The van der Waals surface area contributed by atoms with Gasteiger partial charge in [-0.1, -0.05) is 17.3 Å². The predicted molar refractivity (Wildman–Crippen MR) is 83.6 cm³/mol. The van der Waals surface area contributed by atoms with E-state index in [4.69, 9.17) is 9.63 Å². The second-order valence-corrected chi connectivity index (χ2v) is 4.61. The third kappa shape index (κ3) is 4.20. The molecule has 1 heterocycles. The lowest BCUT2D eigenvalue weighted by Gasteiger charge is -2.09. The van der Waals surface area contributed by atoms with E-state index in [2.05, 4.69) is 19.9 Å². The minimum atomic E-state index is -0.700. The maximum Gasteiger partial charge on any atom is 0.354 e. The van der Waals surface area contributed by atoms with Crippen LogP contribution in [0.25, 0.3) is 11.3 Å². The molecule has 0 fully saturated rings. The van der Waals surface area contributed by atoms with E-state index in [1.165, 1.54) is 14.2 Å². The van der Waals surface area contributed by atoms with Crippen molar-refractivity contribution in [1.82, 2.24) is 5.16 Å². The van der Waals surface area contributed by atoms with E-state index in [0.29, 0.717) is 17.1 Å². The van der Waals surface area contributed by atoms with E-state index in [0.717, 1.165) is 11.6 Å². The van der Waals surface area contributed by atoms with Crippen LogP contribution in [0.1, 0.15) is 5.76 Å². The highest BCUT2D eigenvalue weighted by Crippen LogP contribution is 2.22. The lowest BCUT2D eigenvalue weighted by atomic mass is 10.1. The number of hydrogen-bond donors (Lipinski definition) is 2. The minimum Gasteiger partial charge on any atom is -0.466 e. The molecule has 126 valence electrons. The molecule has 2 aromatic rings. The summed E-state index contributed by atoms with van der Waals surface area (Å²) in [4.78, 5) is 23.0. The largest absolute Gasteiger partial charge is 0.466 e. The summed E-state index contributed by atoms with van der Waals surface area (Å²) >= 11 is 0. The molecule has 0 saturated heterocycles. The van der Waals surface area contributed by atoms with Crippen molar-refractivity contribution in [3.8, 4) is 11.3 Å². The summed E-state index contributed by atoms with van der Waals surface area (Å²) in [5.74, 6) is -1.02. The number of carbonyl (C=O) groups is 2. The Labute approximate surface area is 137 Å². The Morgan fingerprint density at radius 2 is 1.96 bits per heavy atom. The zero-order valence-corrected chi connectivity index (χ0v) is 13.1. The molecule has 0 radical (unpaired) electrons. The minimum absolute atomic E-state index is 0.0545. The van der Waals surface area contributed by atoms with Gasteiger partial charge in [-0.2, -0.15) is 0 Å². The molecule has 2 rings (SSSR count). The van der Waals surface area contributed by atoms with Crippen LogP contribution in [-0.4, -0.2) is 36.4 Å². The van der Waals surface area contributed by atoms with E-state index < -0.39 is 11.9 Å². The molecule has 0 bridgehead atoms. The van der Waals surface area contributed by atoms with Crippen molar-refractivity contribution in [3.05, 3.63) is 47.9 Å². The van der Waals surface area contributed by atoms with Gasteiger partial charge in [0.2, 0.25) is 0 Å². The van der Waals surface area contributed by atoms with E-state index in [-0.39, 0.29) is 12.3 Å². The van der Waals surface area contributed by atoms with Crippen molar-refractivity contribution in [2.45, 2.75) is 6.61 Å². The quantitative estimate of drug-likeness (QED) is 0.604. The Morgan fingerprint density at radius 3 is 2.50 bits per heavy atom. The number of anilines is 1. The van der Waals surface area contributed by atoms with Gasteiger partial charge in [0.25, 0.3) is 0 Å². The van der Waals surface area contributed by atoms with Gasteiger partial charge >= 0.3 is 11.9 Å². The van der Waals surface area contributed by atoms with E-state index in [1.54, 1.807) is 30.3 Å². The van der Waals surface area contributed by atoms with Gasteiger partial charge in [0, 0.05) is 17.3 Å². The molecule has 2 N–H and O–H groups in total. The highest BCUT2D eigenvalue weighted by Gasteiger charge is 2.13. The summed E-state index contributed by atoms with van der Waals surface area (Å²) < 4.78 is 14.0. The first-order valence-electron chi connectivity index (χ1n) is 6.89. The molecule has 8 nitrogen and oxygen atoms in total. The fourth-order valence-corrected chi connectivity index (χ4v) is 1.84. The van der Waals surface area contributed by atoms with Crippen molar-refractivity contribution < 1.29 is 28.7 Å². The standard InChI is InChI=1S/C16H16N2O6/c1-22-15(20)8-14(16(21)23-2)17-11-5-3-10(4-6-11)13-7-12(9-19)24-18-13/h3-8,17,19H,9H2,1-2H3/b14-8+. The van der Waals surface area contributed by atoms with Crippen LogP contribution in [0.4, 0.5) is 5.69 Å². The summed E-state index contributed by atoms with van der Waals surface area (Å²) in [6.45, 7) is -0.229. The number of aliphatic hydroxyl groups excluding tert-OH is 1. The molecule has 24 heavy (non-hydrogen) atoms. The van der Waals surface area contributed by atoms with Crippen LogP contribution in [-0.2, 0) is 25.7 Å². The third-order valence-electron chi connectivity index (χ3n) is 3.04. The Morgan fingerprint density at radius 1 is 1.25 bits per heavy atom. The first kappa shape index (κ1) is 17.2. The Balaban J connectivity index is 2.18. The van der Waals surface area contributed by atoms with Gasteiger partial charge < -0.3 is 24.4 Å². The molecule has 1 aromatic heterocycles. The van der Waals surface area contributed by atoms with Crippen LogP contribution in [0.2, 0.25) is 0 Å². The number of ether oxygens (including phenoxy) is 2. The van der Waals surface area contributed by atoms with Crippen molar-refractivity contribution in [2.75, 3.05) is 19.5 Å². The highest BCUT2D eigenvalue weighted by atomic mass is 16.5. The number of methoxy groups -OCH3 is 2. The summed E-state index contributed by atoms with van der Waals surface area (Å²) in [6.07, 6.45) is 1.00. The van der Waals surface area contributed by atoms with Crippen molar-refractivity contribution in [3.63, 3.8) is 0 Å². The lowest BCUT2D eigenvalue weighted by molar-refractivity contribution is -0.138. The van der Waals surface area contributed by atoms with E-state index in [1.807, 2.05) is 0 Å². The smallest absolute Gasteiger partial charge is 0.354 e. The first-order valence-corrected chi connectivity index (χ1v) is 6.89. The molecule has 0 atom stereocenters. The predicted octanol–water partition coefficient (Wildman–Crippen LogP) is 1.48. The molecule has 0 aliphatic rings. The number of benzene rings is 1. The van der Waals surface area contributed by atoms with Crippen molar-refractivity contribution in [1.29, 1.82) is 0 Å². The lowest BCUT2D eigenvalue weighted by Crippen LogP contribution is -2.15. The summed E-state index contributed by atoms with van der Waals surface area (Å²) in [5.41, 5.74) is 1.84. The zero-order chi connectivity index (χ0) is 17.5. The Kier molecular flexibility index (Phi) is 5.69. The van der Waals surface area contributed by atoms with Crippen LogP contribution in [0.3, 0.4) is 0 Å². The molecule has 0 aliphatic heterocycles. The van der Waals surface area contributed by atoms with E-state index >= 15 is 0 Å². The Bertz CT molecular complexity index is 748. The first-order chi connectivity index (χ1) is 11.6. The topological polar surface area (TPSA) is 111 Å². The maximum absolute atomic E-state index is 11.7.